The number of nitrogens with two attached hydrogens (primary N) is 1. The Bertz CT molecular complexity index is 412. The van der Waals surface area contributed by atoms with E-state index in [1.807, 2.05) is 6.92 Å². The summed E-state index contributed by atoms with van der Waals surface area (Å²) in [6, 6.07) is 4.70. The molecule has 1 rings (SSSR count). The van der Waals surface area contributed by atoms with Crippen molar-refractivity contribution in [3.63, 3.8) is 0 Å². The Morgan fingerprint density at radius 3 is 2.89 bits per heavy atom. The maximum atomic E-state index is 11.1. The number of nitrogens with one attached hydrogen (secondary N) is 2. The van der Waals surface area contributed by atoms with Crippen molar-refractivity contribution >= 4 is 23.3 Å². The molecule has 5 N–H and O–H groups in total. The minimum absolute atomic E-state index is 0.247. The van der Waals surface area contributed by atoms with E-state index in [1.54, 1.807) is 18.2 Å². The summed E-state index contributed by atoms with van der Waals surface area (Å²) >= 11 is 5.84. The highest BCUT2D eigenvalue weighted by Gasteiger charge is 2.11. The highest BCUT2D eigenvalue weighted by atomic mass is 35.5. The number of halogens is 1. The molecule has 1 aromatic carbocycles. The van der Waals surface area contributed by atoms with Crippen molar-refractivity contribution < 1.29 is 9.90 Å². The molecule has 0 saturated heterocycles. The molecule has 100 valence electrons. The standard InChI is InChI=1S/C12H18ClN3O2/c1-2-15-12(18)16-6-5-11(17)9-7-8(13)3-4-10(9)14/h3-4,7,11,17H,2,5-6,14H2,1H3,(H2,15,16,18). The van der Waals surface area contributed by atoms with Gasteiger partial charge in [0, 0.05) is 29.4 Å². The van der Waals surface area contributed by atoms with Crippen LogP contribution in [0.15, 0.2) is 18.2 Å². The normalized spacial score (nSPS) is 11.9. The molecule has 0 aliphatic rings. The van der Waals surface area contributed by atoms with E-state index in [0.717, 1.165) is 0 Å². The summed E-state index contributed by atoms with van der Waals surface area (Å²) < 4.78 is 0. The Morgan fingerprint density at radius 2 is 2.22 bits per heavy atom. The van der Waals surface area contributed by atoms with Gasteiger partial charge < -0.3 is 21.5 Å². The second kappa shape index (κ2) is 7.08. The smallest absolute Gasteiger partial charge is 0.314 e. The number of carbonyl (C=O) groups excluding carboxylic acids is 1. The molecule has 1 unspecified atom stereocenters. The van der Waals surface area contributed by atoms with Crippen molar-refractivity contribution in [1.29, 1.82) is 0 Å². The van der Waals surface area contributed by atoms with Gasteiger partial charge in [-0.25, -0.2) is 4.79 Å². The van der Waals surface area contributed by atoms with Crippen LogP contribution in [0.25, 0.3) is 0 Å². The third-order valence-electron chi connectivity index (χ3n) is 2.45. The van der Waals surface area contributed by atoms with Gasteiger partial charge in [0.2, 0.25) is 0 Å². The number of carbonyl (C=O) groups is 1. The predicted octanol–water partition coefficient (Wildman–Crippen LogP) is 1.66. The van der Waals surface area contributed by atoms with E-state index in [9.17, 15) is 9.90 Å². The number of aliphatic hydroxyl groups is 1. The SMILES string of the molecule is CCNC(=O)NCCC(O)c1cc(Cl)ccc1N. The van der Waals surface area contributed by atoms with Crippen molar-refractivity contribution in [2.45, 2.75) is 19.4 Å². The van der Waals surface area contributed by atoms with Gasteiger partial charge in [-0.2, -0.15) is 0 Å². The largest absolute Gasteiger partial charge is 0.398 e. The fourth-order valence-electron chi connectivity index (χ4n) is 1.54. The fraction of sp³-hybridized carbons (Fsp3) is 0.417. The number of benzene rings is 1. The van der Waals surface area contributed by atoms with Crippen LogP contribution in [0.5, 0.6) is 0 Å². The average Bonchev–Trinajstić information content (AvgIpc) is 2.32. The van der Waals surface area contributed by atoms with Crippen LogP contribution in [0.1, 0.15) is 25.0 Å². The Kier molecular flexibility index (Phi) is 5.74. The van der Waals surface area contributed by atoms with Gasteiger partial charge in [0.25, 0.3) is 0 Å². The number of amides is 2. The topological polar surface area (TPSA) is 87.4 Å². The van der Waals surface area contributed by atoms with Crippen molar-refractivity contribution in [1.82, 2.24) is 10.6 Å². The van der Waals surface area contributed by atoms with E-state index in [4.69, 9.17) is 17.3 Å². The highest BCUT2D eigenvalue weighted by Crippen LogP contribution is 2.25. The maximum Gasteiger partial charge on any atom is 0.314 e. The van der Waals surface area contributed by atoms with Crippen molar-refractivity contribution in [2.24, 2.45) is 0 Å². The monoisotopic (exact) mass is 271 g/mol. The Balaban J connectivity index is 2.47. The first-order chi connectivity index (χ1) is 8.54. The number of urea groups is 1. The lowest BCUT2D eigenvalue weighted by Crippen LogP contribution is -2.36. The molecule has 0 bridgehead atoms. The number of aliphatic hydroxyl groups excluding tert-OH is 1. The Hall–Kier alpha value is -1.46. The fourth-order valence-corrected chi connectivity index (χ4v) is 1.72. The van der Waals surface area contributed by atoms with Gasteiger partial charge in [-0.05, 0) is 31.5 Å². The van der Waals surface area contributed by atoms with Crippen LogP contribution in [-0.4, -0.2) is 24.2 Å². The second-order valence-electron chi connectivity index (χ2n) is 3.86. The predicted molar refractivity (Wildman–Crippen MR) is 72.5 cm³/mol. The van der Waals surface area contributed by atoms with E-state index in [1.165, 1.54) is 0 Å². The molecular formula is C12H18ClN3O2. The van der Waals surface area contributed by atoms with Gasteiger partial charge in [-0.1, -0.05) is 11.6 Å². The summed E-state index contributed by atoms with van der Waals surface area (Å²) in [5.41, 5.74) is 6.83. The molecule has 2 amide bonds. The molecule has 0 aromatic heterocycles. The molecule has 0 fully saturated rings. The van der Waals surface area contributed by atoms with Crippen LogP contribution in [0, 0.1) is 0 Å². The molecule has 1 atom stereocenters. The number of rotatable bonds is 5. The van der Waals surface area contributed by atoms with Crippen LogP contribution in [0.3, 0.4) is 0 Å². The van der Waals surface area contributed by atoms with Gasteiger partial charge in [-0.15, -0.1) is 0 Å². The summed E-state index contributed by atoms with van der Waals surface area (Å²) in [6.07, 6.45) is -0.368. The van der Waals surface area contributed by atoms with Crippen molar-refractivity contribution in [2.75, 3.05) is 18.8 Å². The van der Waals surface area contributed by atoms with Gasteiger partial charge in [0.05, 0.1) is 6.10 Å². The molecule has 0 spiro atoms. The van der Waals surface area contributed by atoms with E-state index >= 15 is 0 Å². The van der Waals surface area contributed by atoms with E-state index in [2.05, 4.69) is 10.6 Å². The molecule has 1 aromatic rings. The molecule has 0 heterocycles. The summed E-state index contributed by atoms with van der Waals surface area (Å²) in [7, 11) is 0. The van der Waals surface area contributed by atoms with Gasteiger partial charge in [-0.3, -0.25) is 0 Å². The number of anilines is 1. The Morgan fingerprint density at radius 1 is 1.50 bits per heavy atom. The summed E-state index contributed by atoms with van der Waals surface area (Å²) in [4.78, 5) is 11.1. The Labute approximate surface area is 111 Å². The first-order valence-corrected chi connectivity index (χ1v) is 6.17. The highest BCUT2D eigenvalue weighted by molar-refractivity contribution is 6.30. The molecule has 6 heteroatoms. The molecular weight excluding hydrogens is 254 g/mol. The minimum atomic E-state index is -0.745. The maximum absolute atomic E-state index is 11.1. The zero-order valence-corrected chi connectivity index (χ0v) is 11.0. The van der Waals surface area contributed by atoms with E-state index in [-0.39, 0.29) is 6.03 Å². The third-order valence-corrected chi connectivity index (χ3v) is 2.68. The zero-order valence-electron chi connectivity index (χ0n) is 10.2. The molecule has 0 aliphatic carbocycles. The third kappa shape index (κ3) is 4.43. The lowest BCUT2D eigenvalue weighted by molar-refractivity contribution is 0.167. The van der Waals surface area contributed by atoms with Crippen LogP contribution >= 0.6 is 11.6 Å². The first kappa shape index (κ1) is 14.6. The summed E-state index contributed by atoms with van der Waals surface area (Å²) in [6.45, 7) is 2.76. The molecule has 0 aliphatic heterocycles. The lowest BCUT2D eigenvalue weighted by atomic mass is 10.0. The zero-order chi connectivity index (χ0) is 13.5. The van der Waals surface area contributed by atoms with Gasteiger partial charge in [0.1, 0.15) is 0 Å². The number of hydrogen-bond donors (Lipinski definition) is 4. The van der Waals surface area contributed by atoms with E-state index < -0.39 is 6.10 Å². The van der Waals surface area contributed by atoms with Crippen LogP contribution in [-0.2, 0) is 0 Å². The average molecular weight is 272 g/mol. The van der Waals surface area contributed by atoms with E-state index in [0.29, 0.717) is 35.8 Å². The van der Waals surface area contributed by atoms with Crippen molar-refractivity contribution in [3.8, 4) is 0 Å². The summed E-state index contributed by atoms with van der Waals surface area (Å²) in [5, 5.41) is 15.7. The molecule has 0 radical (unpaired) electrons. The van der Waals surface area contributed by atoms with Gasteiger partial charge >= 0.3 is 6.03 Å². The second-order valence-corrected chi connectivity index (χ2v) is 4.30. The molecule has 0 saturated carbocycles. The number of hydrogen-bond acceptors (Lipinski definition) is 3. The van der Waals surface area contributed by atoms with Crippen molar-refractivity contribution in [3.05, 3.63) is 28.8 Å². The molecule has 18 heavy (non-hydrogen) atoms. The van der Waals surface area contributed by atoms with Crippen LogP contribution in [0.2, 0.25) is 5.02 Å². The molecule has 5 nitrogen and oxygen atoms in total. The minimum Gasteiger partial charge on any atom is -0.398 e. The van der Waals surface area contributed by atoms with Crippen LogP contribution in [0.4, 0.5) is 10.5 Å². The quantitative estimate of drug-likeness (QED) is 0.614. The van der Waals surface area contributed by atoms with Crippen LogP contribution < -0.4 is 16.4 Å². The summed E-state index contributed by atoms with van der Waals surface area (Å²) in [5.74, 6) is 0. The number of nitrogen functional groups attached to an aromatic ring is 1. The lowest BCUT2D eigenvalue weighted by Gasteiger charge is -2.14. The van der Waals surface area contributed by atoms with Gasteiger partial charge in [0.15, 0.2) is 0 Å². The first-order valence-electron chi connectivity index (χ1n) is 5.79.